The second kappa shape index (κ2) is 11.6. The first kappa shape index (κ1) is 27.7. The van der Waals surface area contributed by atoms with Crippen LogP contribution in [0, 0.1) is 17.6 Å². The molecule has 8 heteroatoms. The molecule has 38 heavy (non-hydrogen) atoms. The van der Waals surface area contributed by atoms with Gasteiger partial charge in [-0.2, -0.15) is 0 Å². The maximum absolute atomic E-state index is 14.9. The lowest BCUT2D eigenvalue weighted by Gasteiger charge is -2.28. The molecule has 4 rings (SSSR count). The number of alkyl halides is 3. The molecule has 0 saturated heterocycles. The molecule has 0 amide bonds. The van der Waals surface area contributed by atoms with E-state index in [4.69, 9.17) is 0 Å². The quantitative estimate of drug-likeness (QED) is 0.216. The summed E-state index contributed by atoms with van der Waals surface area (Å²) in [4.78, 5) is 0. The molecule has 1 fully saturated rings. The van der Waals surface area contributed by atoms with Crippen molar-refractivity contribution in [1.82, 2.24) is 0 Å². The van der Waals surface area contributed by atoms with E-state index >= 15 is 0 Å². The Balaban J connectivity index is 1.50. The van der Waals surface area contributed by atoms with E-state index in [1.54, 1.807) is 12.1 Å². The Morgan fingerprint density at radius 3 is 2.00 bits per heavy atom. The number of benzene rings is 3. The van der Waals surface area contributed by atoms with E-state index in [0.29, 0.717) is 18.1 Å². The summed E-state index contributed by atoms with van der Waals surface area (Å²) in [5.41, 5.74) is 0.464. The number of hydrogen-bond donors (Lipinski definition) is 0. The normalized spacial score (nSPS) is 18.7. The highest BCUT2D eigenvalue weighted by Crippen LogP contribution is 2.39. The van der Waals surface area contributed by atoms with Crippen LogP contribution in [0.4, 0.5) is 30.7 Å². The maximum atomic E-state index is 14.9. The molecule has 0 aliphatic heterocycles. The van der Waals surface area contributed by atoms with Crippen molar-refractivity contribution >= 4 is 11.7 Å². The molecule has 0 radical (unpaired) electrons. The van der Waals surface area contributed by atoms with Crippen molar-refractivity contribution in [1.29, 1.82) is 0 Å². The fraction of sp³-hybridized carbons (Fsp3) is 0.333. The highest BCUT2D eigenvalue weighted by Gasteiger charge is 2.32. The molecule has 1 aliphatic rings. The van der Waals surface area contributed by atoms with Crippen LogP contribution in [0.2, 0.25) is 0 Å². The van der Waals surface area contributed by atoms with Crippen LogP contribution in [0.15, 0.2) is 60.7 Å². The Kier molecular flexibility index (Phi) is 8.48. The van der Waals surface area contributed by atoms with Gasteiger partial charge in [0.25, 0.3) is 0 Å². The molecule has 1 nitrogen and oxygen atoms in total. The molecule has 0 heterocycles. The third kappa shape index (κ3) is 6.58. The first-order valence-corrected chi connectivity index (χ1v) is 12.6. The van der Waals surface area contributed by atoms with E-state index < -0.39 is 35.4 Å². The first-order chi connectivity index (χ1) is 18.1. The fourth-order valence-electron chi connectivity index (χ4n) is 5.11. The Bertz CT molecular complexity index is 1290. The van der Waals surface area contributed by atoms with Crippen LogP contribution in [0.1, 0.15) is 68.1 Å². The summed E-state index contributed by atoms with van der Waals surface area (Å²) in [7, 11) is 0. The summed E-state index contributed by atoms with van der Waals surface area (Å²) in [6.45, 7) is 2.19. The van der Waals surface area contributed by atoms with E-state index in [9.17, 15) is 30.7 Å². The van der Waals surface area contributed by atoms with E-state index in [0.717, 1.165) is 48.6 Å². The standard InChI is InChI=1S/C30H27F7O/c1-2-3-18-4-6-19(7-5-18)20-8-10-21(11-9-20)28(33)29(34)23-12-14-24(25(31)17-23)22-13-15-27(26(32)16-22)38-30(35,36)37/h8-19H,2-7H2,1H3/b29-28+. The van der Waals surface area contributed by atoms with Gasteiger partial charge in [-0.25, -0.2) is 17.6 Å². The average molecular weight is 537 g/mol. The van der Waals surface area contributed by atoms with Gasteiger partial charge in [0.1, 0.15) is 5.82 Å². The molecule has 3 aromatic carbocycles. The summed E-state index contributed by atoms with van der Waals surface area (Å²) in [6.07, 6.45) is 1.82. The highest BCUT2D eigenvalue weighted by molar-refractivity contribution is 5.84. The van der Waals surface area contributed by atoms with Crippen LogP contribution in [0.5, 0.6) is 5.75 Å². The second-order valence-electron chi connectivity index (χ2n) is 9.64. The van der Waals surface area contributed by atoms with Gasteiger partial charge in [0.05, 0.1) is 0 Å². The Morgan fingerprint density at radius 2 is 1.42 bits per heavy atom. The van der Waals surface area contributed by atoms with Gasteiger partial charge in [-0.15, -0.1) is 13.2 Å². The monoisotopic (exact) mass is 536 g/mol. The Morgan fingerprint density at radius 1 is 0.789 bits per heavy atom. The van der Waals surface area contributed by atoms with Gasteiger partial charge < -0.3 is 4.74 Å². The molecule has 0 spiro atoms. The molecular weight excluding hydrogens is 509 g/mol. The Labute approximate surface area is 217 Å². The lowest BCUT2D eigenvalue weighted by molar-refractivity contribution is -0.275. The lowest BCUT2D eigenvalue weighted by Crippen LogP contribution is -2.17. The predicted octanol–water partition coefficient (Wildman–Crippen LogP) is 10.4. The van der Waals surface area contributed by atoms with Gasteiger partial charge in [-0.3, -0.25) is 0 Å². The van der Waals surface area contributed by atoms with Gasteiger partial charge in [0.2, 0.25) is 0 Å². The third-order valence-electron chi connectivity index (χ3n) is 7.06. The molecular formula is C30H27F7O. The van der Waals surface area contributed by atoms with Crippen LogP contribution in [0.25, 0.3) is 22.8 Å². The topological polar surface area (TPSA) is 9.23 Å². The van der Waals surface area contributed by atoms with Crippen LogP contribution in [0.3, 0.4) is 0 Å². The van der Waals surface area contributed by atoms with E-state index in [-0.39, 0.29) is 22.3 Å². The Hall–Kier alpha value is -3.29. The van der Waals surface area contributed by atoms with Crippen molar-refractivity contribution in [2.45, 2.75) is 57.7 Å². The SMILES string of the molecule is CCCC1CCC(c2ccc(/C(F)=C(\F)c3ccc(-c4ccc(OC(F)(F)F)c(F)c4)c(F)c3)cc2)CC1. The summed E-state index contributed by atoms with van der Waals surface area (Å²) in [5, 5.41) is 0. The van der Waals surface area contributed by atoms with Crippen LogP contribution >= 0.6 is 0 Å². The molecule has 0 bridgehead atoms. The average Bonchev–Trinajstić information content (AvgIpc) is 2.89. The summed E-state index contributed by atoms with van der Waals surface area (Å²) < 4.78 is 99.2. The van der Waals surface area contributed by atoms with Gasteiger partial charge in [0, 0.05) is 16.7 Å². The van der Waals surface area contributed by atoms with Gasteiger partial charge in [0.15, 0.2) is 23.2 Å². The largest absolute Gasteiger partial charge is 0.573 e. The molecule has 0 atom stereocenters. The van der Waals surface area contributed by atoms with Crippen molar-refractivity contribution in [3.05, 3.63) is 89.0 Å². The molecule has 0 aromatic heterocycles. The third-order valence-corrected chi connectivity index (χ3v) is 7.06. The number of hydrogen-bond acceptors (Lipinski definition) is 1. The van der Waals surface area contributed by atoms with Crippen LogP contribution in [-0.4, -0.2) is 6.36 Å². The van der Waals surface area contributed by atoms with Crippen LogP contribution in [-0.2, 0) is 0 Å². The minimum Gasteiger partial charge on any atom is -0.403 e. The molecule has 0 unspecified atom stereocenters. The van der Waals surface area contributed by atoms with Crippen LogP contribution < -0.4 is 4.74 Å². The second-order valence-corrected chi connectivity index (χ2v) is 9.64. The zero-order valence-electron chi connectivity index (χ0n) is 20.7. The van der Waals surface area contributed by atoms with Gasteiger partial charge in [-0.05, 0) is 66.8 Å². The minimum absolute atomic E-state index is 0.0257. The van der Waals surface area contributed by atoms with E-state index in [1.807, 2.05) is 0 Å². The zero-order chi connectivity index (χ0) is 27.4. The van der Waals surface area contributed by atoms with Crippen molar-refractivity contribution in [3.8, 4) is 16.9 Å². The number of rotatable bonds is 7. The van der Waals surface area contributed by atoms with E-state index in [1.165, 1.54) is 37.8 Å². The lowest BCUT2D eigenvalue weighted by atomic mass is 9.77. The zero-order valence-corrected chi connectivity index (χ0v) is 20.7. The molecule has 202 valence electrons. The van der Waals surface area contributed by atoms with Crippen molar-refractivity contribution in [2.24, 2.45) is 5.92 Å². The van der Waals surface area contributed by atoms with E-state index in [2.05, 4.69) is 11.7 Å². The molecule has 0 N–H and O–H groups in total. The smallest absolute Gasteiger partial charge is 0.403 e. The summed E-state index contributed by atoms with van der Waals surface area (Å²) >= 11 is 0. The predicted molar refractivity (Wildman–Crippen MR) is 134 cm³/mol. The fourth-order valence-corrected chi connectivity index (χ4v) is 5.11. The first-order valence-electron chi connectivity index (χ1n) is 12.6. The number of ether oxygens (including phenoxy) is 1. The summed E-state index contributed by atoms with van der Waals surface area (Å²) in [5.74, 6) is -4.66. The van der Waals surface area contributed by atoms with Crippen molar-refractivity contribution < 1.29 is 35.5 Å². The van der Waals surface area contributed by atoms with Gasteiger partial charge in [-0.1, -0.05) is 62.2 Å². The minimum atomic E-state index is -5.09. The van der Waals surface area contributed by atoms with Gasteiger partial charge >= 0.3 is 6.36 Å². The van der Waals surface area contributed by atoms with Crippen molar-refractivity contribution in [2.75, 3.05) is 0 Å². The maximum Gasteiger partial charge on any atom is 0.573 e. The molecule has 1 saturated carbocycles. The highest BCUT2D eigenvalue weighted by atomic mass is 19.4. The summed E-state index contributed by atoms with van der Waals surface area (Å²) in [6, 6.07) is 12.0. The van der Waals surface area contributed by atoms with Crippen molar-refractivity contribution in [3.63, 3.8) is 0 Å². The molecule has 3 aromatic rings. The molecule has 1 aliphatic carbocycles. The number of halogens is 7.